The summed E-state index contributed by atoms with van der Waals surface area (Å²) in [6, 6.07) is 28.5. The Kier molecular flexibility index (Phi) is 10.3. The number of hydrogen-bond donors (Lipinski definition) is 2. The highest BCUT2D eigenvalue weighted by Crippen LogP contribution is 2.41. The van der Waals surface area contributed by atoms with Crippen molar-refractivity contribution in [2.45, 2.75) is 38.0 Å². The second kappa shape index (κ2) is 13.4. The van der Waals surface area contributed by atoms with E-state index in [1.165, 1.54) is 5.56 Å². The molecule has 1 aliphatic rings. The van der Waals surface area contributed by atoms with Gasteiger partial charge in [-0.25, -0.2) is 4.79 Å². The number of carboxylic acids is 1. The van der Waals surface area contributed by atoms with Crippen LogP contribution in [0.1, 0.15) is 36.0 Å². The van der Waals surface area contributed by atoms with Crippen LogP contribution >= 0.6 is 0 Å². The molecule has 0 aliphatic carbocycles. The van der Waals surface area contributed by atoms with Gasteiger partial charge in [-0.2, -0.15) is 13.2 Å². The smallest absolute Gasteiger partial charge is 0.490 e. The first-order valence-electron chi connectivity index (χ1n) is 12.7. The zero-order valence-electron chi connectivity index (χ0n) is 21.4. The Balaban J connectivity index is 0.000000505. The predicted molar refractivity (Wildman–Crippen MR) is 140 cm³/mol. The van der Waals surface area contributed by atoms with Crippen molar-refractivity contribution in [1.82, 2.24) is 4.90 Å². The average Bonchev–Trinajstić information content (AvgIpc) is 2.93. The van der Waals surface area contributed by atoms with Gasteiger partial charge in [0.2, 0.25) is 0 Å². The predicted octanol–water partition coefficient (Wildman–Crippen LogP) is 6.05. The molecule has 8 heteroatoms. The fourth-order valence-corrected chi connectivity index (χ4v) is 4.79. The molecular formula is C30H34F3NO4. The van der Waals surface area contributed by atoms with Crippen LogP contribution in [0.2, 0.25) is 0 Å². The number of aliphatic carboxylic acids is 1. The minimum absolute atomic E-state index is 0.205. The highest BCUT2D eigenvalue weighted by molar-refractivity contribution is 5.73. The minimum Gasteiger partial charge on any atom is -0.493 e. The van der Waals surface area contributed by atoms with E-state index in [9.17, 15) is 18.3 Å². The molecule has 0 saturated carbocycles. The van der Waals surface area contributed by atoms with Gasteiger partial charge >= 0.3 is 12.1 Å². The molecule has 2 N–H and O–H groups in total. The van der Waals surface area contributed by atoms with Gasteiger partial charge in [0.1, 0.15) is 11.4 Å². The molecule has 4 rings (SSSR count). The molecule has 0 unspecified atom stereocenters. The molecule has 1 aliphatic heterocycles. The summed E-state index contributed by atoms with van der Waals surface area (Å²) < 4.78 is 37.7. The van der Waals surface area contributed by atoms with Crippen LogP contribution in [0, 0.1) is 12.8 Å². The van der Waals surface area contributed by atoms with Crippen molar-refractivity contribution in [2.75, 3.05) is 26.2 Å². The largest absolute Gasteiger partial charge is 0.493 e. The quantitative estimate of drug-likeness (QED) is 0.348. The third-order valence-electron chi connectivity index (χ3n) is 6.82. The molecule has 0 spiro atoms. The van der Waals surface area contributed by atoms with Gasteiger partial charge in [0.15, 0.2) is 0 Å². The molecule has 204 valence electrons. The number of piperidine rings is 1. The third-order valence-corrected chi connectivity index (χ3v) is 6.82. The van der Waals surface area contributed by atoms with E-state index in [0.717, 1.165) is 62.4 Å². The minimum atomic E-state index is -5.08. The molecule has 1 heterocycles. The Bertz CT molecular complexity index is 1090. The van der Waals surface area contributed by atoms with E-state index < -0.39 is 17.7 Å². The molecule has 5 nitrogen and oxygen atoms in total. The van der Waals surface area contributed by atoms with Crippen molar-refractivity contribution < 1.29 is 32.9 Å². The van der Waals surface area contributed by atoms with Crippen molar-refractivity contribution >= 4 is 5.97 Å². The number of para-hydroxylation sites is 1. The Hall–Kier alpha value is -3.36. The number of carboxylic acid groups (broad SMARTS) is 1. The van der Waals surface area contributed by atoms with Crippen molar-refractivity contribution in [2.24, 2.45) is 5.92 Å². The molecule has 1 fully saturated rings. The van der Waals surface area contributed by atoms with Gasteiger partial charge in [-0.1, -0.05) is 78.9 Å². The molecule has 3 aromatic carbocycles. The van der Waals surface area contributed by atoms with Gasteiger partial charge < -0.3 is 19.8 Å². The SMILES string of the molecule is Cc1ccccc1OCCCN1CCC(C(O)(c2ccccc2)c2ccccc2)CC1.O=C(O)C(F)(F)F. The standard InChI is InChI=1S/C28H33NO2.C2HF3O2/c1-23-11-8-9-16-27(23)31-22-10-19-29-20-17-26(18-21-29)28(30,24-12-4-2-5-13-24)25-14-6-3-7-15-25;3-2(4,5)1(6)7/h2-9,11-16,26,30H,10,17-22H2,1H3;(H,6,7). The molecule has 1 saturated heterocycles. The van der Waals surface area contributed by atoms with Crippen LogP contribution in [0.15, 0.2) is 84.9 Å². The Morgan fingerprint density at radius 1 is 0.895 bits per heavy atom. The lowest BCUT2D eigenvalue weighted by Crippen LogP contribution is -2.44. The summed E-state index contributed by atoms with van der Waals surface area (Å²) in [7, 11) is 0. The van der Waals surface area contributed by atoms with E-state index in [2.05, 4.69) is 42.2 Å². The number of likely N-dealkylation sites (tertiary alicyclic amines) is 1. The van der Waals surface area contributed by atoms with Crippen LogP contribution in [0.25, 0.3) is 0 Å². The lowest BCUT2D eigenvalue weighted by atomic mass is 9.72. The zero-order valence-corrected chi connectivity index (χ0v) is 21.4. The number of carbonyl (C=O) groups is 1. The number of nitrogens with zero attached hydrogens (tertiary/aromatic N) is 1. The van der Waals surface area contributed by atoms with Crippen molar-refractivity contribution in [3.63, 3.8) is 0 Å². The summed E-state index contributed by atoms with van der Waals surface area (Å²) in [6.07, 6.45) is -2.10. The Labute approximate surface area is 221 Å². The van der Waals surface area contributed by atoms with E-state index in [1.54, 1.807) is 0 Å². The summed E-state index contributed by atoms with van der Waals surface area (Å²) in [5.41, 5.74) is 2.23. The number of rotatable bonds is 8. The molecule has 0 atom stereocenters. The number of aryl methyl sites for hydroxylation is 1. The van der Waals surface area contributed by atoms with Gasteiger partial charge in [-0.15, -0.1) is 0 Å². The average molecular weight is 530 g/mol. The van der Waals surface area contributed by atoms with Gasteiger partial charge in [0, 0.05) is 6.54 Å². The van der Waals surface area contributed by atoms with E-state index in [4.69, 9.17) is 14.6 Å². The van der Waals surface area contributed by atoms with Gasteiger partial charge in [0.05, 0.1) is 6.61 Å². The molecule has 0 amide bonds. The maximum absolute atomic E-state index is 12.0. The second-order valence-electron chi connectivity index (χ2n) is 9.38. The first kappa shape index (κ1) is 29.2. The fourth-order valence-electron chi connectivity index (χ4n) is 4.79. The van der Waals surface area contributed by atoms with Crippen LogP contribution in [-0.2, 0) is 10.4 Å². The lowest BCUT2D eigenvalue weighted by Gasteiger charge is -2.42. The monoisotopic (exact) mass is 529 g/mol. The molecule has 38 heavy (non-hydrogen) atoms. The van der Waals surface area contributed by atoms with Gasteiger partial charge in [-0.3, -0.25) is 0 Å². The maximum Gasteiger partial charge on any atom is 0.490 e. The number of benzene rings is 3. The van der Waals surface area contributed by atoms with Crippen LogP contribution in [0.4, 0.5) is 13.2 Å². The van der Waals surface area contributed by atoms with Crippen molar-refractivity contribution in [3.05, 3.63) is 102 Å². The summed E-state index contributed by atoms with van der Waals surface area (Å²) in [5.74, 6) is -1.57. The molecule has 0 bridgehead atoms. The normalized spacial score (nSPS) is 14.9. The van der Waals surface area contributed by atoms with E-state index in [1.807, 2.05) is 54.6 Å². The number of aliphatic hydroxyl groups is 1. The van der Waals surface area contributed by atoms with Crippen LogP contribution < -0.4 is 4.74 Å². The number of alkyl halides is 3. The van der Waals surface area contributed by atoms with Crippen molar-refractivity contribution in [3.8, 4) is 5.75 Å². The third kappa shape index (κ3) is 7.82. The van der Waals surface area contributed by atoms with E-state index in [-0.39, 0.29) is 5.92 Å². The maximum atomic E-state index is 12.0. The van der Waals surface area contributed by atoms with Crippen LogP contribution in [0.5, 0.6) is 5.75 Å². The molecule has 3 aromatic rings. The summed E-state index contributed by atoms with van der Waals surface area (Å²) in [4.78, 5) is 11.4. The van der Waals surface area contributed by atoms with Gasteiger partial charge in [-0.05, 0) is 68.0 Å². The second-order valence-corrected chi connectivity index (χ2v) is 9.38. The van der Waals surface area contributed by atoms with E-state index in [0.29, 0.717) is 0 Å². The highest BCUT2D eigenvalue weighted by Gasteiger charge is 2.41. The zero-order chi connectivity index (χ0) is 27.6. The van der Waals surface area contributed by atoms with E-state index >= 15 is 0 Å². The Morgan fingerprint density at radius 3 is 1.84 bits per heavy atom. The first-order chi connectivity index (χ1) is 18.1. The van der Waals surface area contributed by atoms with Gasteiger partial charge in [0.25, 0.3) is 0 Å². The summed E-state index contributed by atoms with van der Waals surface area (Å²) >= 11 is 0. The number of hydrogen-bond acceptors (Lipinski definition) is 4. The first-order valence-corrected chi connectivity index (χ1v) is 12.7. The summed E-state index contributed by atoms with van der Waals surface area (Å²) in [6.45, 7) is 5.88. The number of ether oxygens (including phenoxy) is 1. The lowest BCUT2D eigenvalue weighted by molar-refractivity contribution is -0.192. The summed E-state index contributed by atoms with van der Waals surface area (Å²) in [5, 5.41) is 19.1. The van der Waals surface area contributed by atoms with Crippen LogP contribution in [0.3, 0.4) is 0 Å². The van der Waals surface area contributed by atoms with Crippen molar-refractivity contribution in [1.29, 1.82) is 0 Å². The van der Waals surface area contributed by atoms with Crippen LogP contribution in [-0.4, -0.2) is 53.5 Å². The fraction of sp³-hybridized carbons (Fsp3) is 0.367. The molecule has 0 aromatic heterocycles. The molecular weight excluding hydrogens is 495 g/mol. The number of halogens is 3. The highest BCUT2D eigenvalue weighted by atomic mass is 19.4. The molecule has 0 radical (unpaired) electrons. The Morgan fingerprint density at radius 2 is 1.37 bits per heavy atom. The topological polar surface area (TPSA) is 70.0 Å².